The molecule has 0 saturated heterocycles. The van der Waals surface area contributed by atoms with E-state index in [9.17, 15) is 19.2 Å². The van der Waals surface area contributed by atoms with Gasteiger partial charge >= 0.3 is 0 Å². The maximum atomic E-state index is 12.5. The highest BCUT2D eigenvalue weighted by molar-refractivity contribution is 7.98. The number of ether oxygens (including phenoxy) is 2. The molecule has 2 aromatic carbocycles. The van der Waals surface area contributed by atoms with Crippen molar-refractivity contribution in [3.8, 4) is 11.5 Å². The Kier molecular flexibility index (Phi) is 16.4. The summed E-state index contributed by atoms with van der Waals surface area (Å²) in [6.45, 7) is 4.03. The number of hydrogen-bond acceptors (Lipinski definition) is 9. The molecule has 214 valence electrons. The second kappa shape index (κ2) is 18.6. The summed E-state index contributed by atoms with van der Waals surface area (Å²) in [6, 6.07) is 12.7. The Morgan fingerprint density at radius 2 is 1.13 bits per heavy atom. The number of carbonyl (C=O) groups is 4. The van der Waals surface area contributed by atoms with Gasteiger partial charge in [0.2, 0.25) is 11.8 Å². The lowest BCUT2D eigenvalue weighted by Gasteiger charge is -2.19. The molecule has 0 unspecified atom stereocenters. The van der Waals surface area contributed by atoms with Crippen LogP contribution in [0, 0.1) is 5.92 Å². The van der Waals surface area contributed by atoms with Crippen LogP contribution in [0.15, 0.2) is 48.5 Å². The highest BCUT2D eigenvalue weighted by Gasteiger charge is 2.23. The Labute approximate surface area is 246 Å². The second-order valence-electron chi connectivity index (χ2n) is 8.83. The predicted molar refractivity (Wildman–Crippen MR) is 164 cm³/mol. The monoisotopic (exact) mass is 594 g/mol. The number of thiol groups is 2. The molecule has 11 heteroatoms. The van der Waals surface area contributed by atoms with Gasteiger partial charge in [-0.05, 0) is 67.1 Å². The molecule has 8 nitrogen and oxygen atoms in total. The predicted octanol–water partition coefficient (Wildman–Crippen LogP) is 3.99. The van der Waals surface area contributed by atoms with E-state index in [1.54, 1.807) is 62.8 Å². The van der Waals surface area contributed by atoms with E-state index in [2.05, 4.69) is 35.9 Å². The number of nitrogens with one attached hydrogen (secondary N) is 2. The van der Waals surface area contributed by atoms with Crippen molar-refractivity contribution in [2.24, 2.45) is 5.92 Å². The molecule has 0 aliphatic heterocycles. The van der Waals surface area contributed by atoms with Gasteiger partial charge in [-0.15, -0.1) is 0 Å². The summed E-state index contributed by atoms with van der Waals surface area (Å²) in [4.78, 5) is 47.6. The van der Waals surface area contributed by atoms with Crippen molar-refractivity contribution in [1.82, 2.24) is 10.6 Å². The number of thioether (sulfide) groups is 1. The van der Waals surface area contributed by atoms with E-state index >= 15 is 0 Å². The molecule has 0 heterocycles. The van der Waals surface area contributed by atoms with E-state index in [1.807, 2.05) is 20.1 Å². The van der Waals surface area contributed by atoms with Crippen molar-refractivity contribution in [2.45, 2.75) is 32.4 Å². The Balaban J connectivity index is 0.000000391. The van der Waals surface area contributed by atoms with E-state index in [1.165, 1.54) is 11.8 Å². The summed E-state index contributed by atoms with van der Waals surface area (Å²) < 4.78 is 10.1. The standard InChI is InChI=1S/C15H21NO3S.C13H17NO3S2/c1-10(2)8-13(16-14(17)9-20)15(18)11-4-6-12(19-3)7-5-11;1-17-10-5-3-9(4-6-10)13(16)11(8-19-2)14-12(15)7-18/h4-7,10,13,20H,8-9H2,1-3H3,(H,16,17);3-6,11,18H,7-8H2,1-2H3,(H,14,15)/t13-;11-/m10/s1. The molecule has 0 bridgehead atoms. The maximum absolute atomic E-state index is 12.5. The number of benzene rings is 2. The molecule has 0 fully saturated rings. The number of methoxy groups -OCH3 is 2. The molecule has 39 heavy (non-hydrogen) atoms. The minimum atomic E-state index is -0.525. The molecule has 0 aromatic heterocycles. The molecule has 2 N–H and O–H groups in total. The largest absolute Gasteiger partial charge is 0.497 e. The van der Waals surface area contributed by atoms with Crippen molar-refractivity contribution in [3.05, 3.63) is 59.7 Å². The highest BCUT2D eigenvalue weighted by Crippen LogP contribution is 2.16. The first-order valence-corrected chi connectivity index (χ1v) is 14.9. The van der Waals surface area contributed by atoms with E-state index in [0.717, 1.165) is 0 Å². The third-order valence-corrected chi connectivity index (χ3v) is 6.62. The number of hydrogen-bond donors (Lipinski definition) is 4. The van der Waals surface area contributed by atoms with Gasteiger partial charge in [0.05, 0.1) is 31.8 Å². The van der Waals surface area contributed by atoms with Crippen molar-refractivity contribution in [1.29, 1.82) is 0 Å². The zero-order valence-electron chi connectivity index (χ0n) is 22.9. The summed E-state index contributed by atoms with van der Waals surface area (Å²) in [7, 11) is 3.14. The summed E-state index contributed by atoms with van der Waals surface area (Å²) >= 11 is 9.32. The van der Waals surface area contributed by atoms with Gasteiger partial charge in [-0.3, -0.25) is 19.2 Å². The highest BCUT2D eigenvalue weighted by atomic mass is 32.2. The van der Waals surface area contributed by atoms with Gasteiger partial charge in [-0.25, -0.2) is 0 Å². The summed E-state index contributed by atoms with van der Waals surface area (Å²) in [5, 5.41) is 5.41. The summed E-state index contributed by atoms with van der Waals surface area (Å²) in [5.74, 6) is 1.70. The molecule has 0 spiro atoms. The van der Waals surface area contributed by atoms with Crippen LogP contribution in [0.25, 0.3) is 0 Å². The number of amides is 2. The fourth-order valence-corrected chi connectivity index (χ4v) is 4.20. The molecule has 2 aromatic rings. The van der Waals surface area contributed by atoms with Gasteiger partial charge in [0.15, 0.2) is 11.6 Å². The smallest absolute Gasteiger partial charge is 0.230 e. The zero-order valence-corrected chi connectivity index (χ0v) is 25.5. The number of ketones is 2. The molecule has 0 aliphatic carbocycles. The molecular formula is C28H38N2O6S3. The van der Waals surface area contributed by atoms with E-state index in [-0.39, 0.29) is 34.9 Å². The van der Waals surface area contributed by atoms with E-state index in [0.29, 0.717) is 40.7 Å². The fraction of sp³-hybridized carbons (Fsp3) is 0.429. The molecule has 2 rings (SSSR count). The van der Waals surface area contributed by atoms with Gasteiger partial charge < -0.3 is 20.1 Å². The maximum Gasteiger partial charge on any atom is 0.230 e. The van der Waals surface area contributed by atoms with Crippen LogP contribution in [-0.4, -0.2) is 73.2 Å². The Morgan fingerprint density at radius 1 is 0.744 bits per heavy atom. The third kappa shape index (κ3) is 12.4. The van der Waals surface area contributed by atoms with E-state index in [4.69, 9.17) is 9.47 Å². The van der Waals surface area contributed by atoms with Crippen LogP contribution < -0.4 is 20.1 Å². The van der Waals surface area contributed by atoms with Crippen LogP contribution in [0.3, 0.4) is 0 Å². The SMILES string of the molecule is COc1ccc(C(=O)[C@@H](CC(C)C)NC(=O)CS)cc1.COc1ccc(C(=O)[C@H](CSC)NC(=O)CS)cc1. The van der Waals surface area contributed by atoms with Crippen LogP contribution in [0.5, 0.6) is 11.5 Å². The van der Waals surface area contributed by atoms with Crippen molar-refractivity contribution in [2.75, 3.05) is 37.7 Å². The Bertz CT molecular complexity index is 1060. The van der Waals surface area contributed by atoms with Crippen LogP contribution >= 0.6 is 37.0 Å². The zero-order chi connectivity index (χ0) is 29.4. The van der Waals surface area contributed by atoms with Gasteiger partial charge in [-0.1, -0.05) is 13.8 Å². The molecule has 0 saturated carbocycles. The Hall–Kier alpha value is -2.63. The summed E-state index contributed by atoms with van der Waals surface area (Å²) in [6.07, 6.45) is 2.49. The minimum absolute atomic E-state index is 0.0702. The van der Waals surface area contributed by atoms with Crippen LogP contribution in [-0.2, 0) is 9.59 Å². The van der Waals surface area contributed by atoms with Crippen molar-refractivity contribution in [3.63, 3.8) is 0 Å². The van der Waals surface area contributed by atoms with Crippen LogP contribution in [0.2, 0.25) is 0 Å². The van der Waals surface area contributed by atoms with Gasteiger partial charge in [0.25, 0.3) is 0 Å². The second-order valence-corrected chi connectivity index (χ2v) is 10.4. The number of Topliss-reactive ketones (excluding diaryl/α,β-unsaturated/α-hetero) is 2. The Morgan fingerprint density at radius 3 is 1.46 bits per heavy atom. The number of rotatable bonds is 14. The first-order chi connectivity index (χ1) is 18.6. The molecule has 2 atom stereocenters. The molecular weight excluding hydrogens is 557 g/mol. The lowest BCUT2D eigenvalue weighted by Crippen LogP contribution is -2.43. The van der Waals surface area contributed by atoms with Crippen molar-refractivity contribution < 1.29 is 28.7 Å². The average molecular weight is 595 g/mol. The van der Waals surface area contributed by atoms with Crippen molar-refractivity contribution >= 4 is 60.4 Å². The molecule has 0 radical (unpaired) electrons. The molecule has 2 amide bonds. The van der Waals surface area contributed by atoms with Gasteiger partial charge in [0.1, 0.15) is 17.5 Å². The third-order valence-electron chi connectivity index (χ3n) is 5.38. The summed E-state index contributed by atoms with van der Waals surface area (Å²) in [5.41, 5.74) is 1.12. The van der Waals surface area contributed by atoms with Gasteiger partial charge in [0, 0.05) is 16.9 Å². The lowest BCUT2D eigenvalue weighted by atomic mass is 9.96. The number of carbonyl (C=O) groups excluding carboxylic acids is 4. The first-order valence-electron chi connectivity index (χ1n) is 12.3. The van der Waals surface area contributed by atoms with Gasteiger partial charge in [-0.2, -0.15) is 37.0 Å². The normalized spacial score (nSPS) is 11.9. The fourth-order valence-electron chi connectivity index (χ4n) is 3.45. The molecule has 0 aliphatic rings. The minimum Gasteiger partial charge on any atom is -0.497 e. The first kappa shape index (κ1) is 34.4. The topological polar surface area (TPSA) is 111 Å². The average Bonchev–Trinajstić information content (AvgIpc) is 2.95. The van der Waals surface area contributed by atoms with Crippen LogP contribution in [0.1, 0.15) is 41.0 Å². The van der Waals surface area contributed by atoms with Crippen LogP contribution in [0.4, 0.5) is 0 Å². The van der Waals surface area contributed by atoms with E-state index < -0.39 is 12.1 Å². The quantitative estimate of drug-likeness (QED) is 0.193. The lowest BCUT2D eigenvalue weighted by molar-refractivity contribution is -0.119.